The molecule has 0 bridgehead atoms. The molecule has 4 aromatic rings. The van der Waals surface area contributed by atoms with E-state index < -0.39 is 0 Å². The van der Waals surface area contributed by atoms with Crippen molar-refractivity contribution in [3.63, 3.8) is 0 Å². The Kier molecular flexibility index (Phi) is 4.65. The Labute approximate surface area is 155 Å². The normalized spacial score (nSPS) is 10.9. The second-order valence-electron chi connectivity index (χ2n) is 6.11. The summed E-state index contributed by atoms with van der Waals surface area (Å²) >= 11 is 0. The van der Waals surface area contributed by atoms with Crippen LogP contribution < -0.4 is 10.1 Å². The third-order valence-corrected chi connectivity index (χ3v) is 4.17. The molecule has 0 saturated carbocycles. The van der Waals surface area contributed by atoms with Gasteiger partial charge in [-0.1, -0.05) is 30.3 Å². The van der Waals surface area contributed by atoms with Crippen molar-refractivity contribution < 1.29 is 9.13 Å². The molecular formula is C20H18FN5O. The number of nitrogens with one attached hydrogen (secondary N) is 1. The molecule has 0 saturated heterocycles. The van der Waals surface area contributed by atoms with E-state index in [4.69, 9.17) is 4.74 Å². The molecule has 0 unspecified atom stereocenters. The van der Waals surface area contributed by atoms with Crippen LogP contribution in [0.15, 0.2) is 60.7 Å². The van der Waals surface area contributed by atoms with Crippen LogP contribution in [0, 0.1) is 12.7 Å². The molecular weight excluding hydrogens is 345 g/mol. The first kappa shape index (κ1) is 17.0. The molecule has 0 radical (unpaired) electrons. The van der Waals surface area contributed by atoms with E-state index in [1.807, 2.05) is 43.3 Å². The van der Waals surface area contributed by atoms with Gasteiger partial charge < -0.3 is 10.1 Å². The maximum atomic E-state index is 13.6. The van der Waals surface area contributed by atoms with E-state index in [2.05, 4.69) is 20.6 Å². The number of rotatable bonds is 6. The quantitative estimate of drug-likeness (QED) is 0.565. The average Bonchev–Trinajstić information content (AvgIpc) is 3.07. The minimum atomic E-state index is -0.258. The van der Waals surface area contributed by atoms with Crippen molar-refractivity contribution in [2.75, 3.05) is 5.32 Å². The predicted octanol–water partition coefficient (Wildman–Crippen LogP) is 3.76. The van der Waals surface area contributed by atoms with Gasteiger partial charge in [0.25, 0.3) is 0 Å². The van der Waals surface area contributed by atoms with Gasteiger partial charge in [-0.05, 0) is 42.8 Å². The molecule has 6 nitrogen and oxygen atoms in total. The van der Waals surface area contributed by atoms with E-state index in [0.29, 0.717) is 17.9 Å². The maximum absolute atomic E-state index is 13.6. The van der Waals surface area contributed by atoms with E-state index in [1.165, 1.54) is 6.07 Å². The van der Waals surface area contributed by atoms with Crippen LogP contribution in [-0.2, 0) is 13.2 Å². The minimum absolute atomic E-state index is 0.201. The molecule has 4 rings (SSSR count). The molecule has 0 amide bonds. The topological polar surface area (TPSA) is 64.3 Å². The number of ether oxygens (including phenoxy) is 1. The fourth-order valence-corrected chi connectivity index (χ4v) is 2.66. The number of hydrogen-bond donors (Lipinski definition) is 1. The number of benzene rings is 2. The van der Waals surface area contributed by atoms with Crippen LogP contribution in [0.2, 0.25) is 0 Å². The molecule has 2 aromatic carbocycles. The number of aromatic nitrogens is 4. The van der Waals surface area contributed by atoms with Gasteiger partial charge in [-0.3, -0.25) is 0 Å². The van der Waals surface area contributed by atoms with Gasteiger partial charge in [0.2, 0.25) is 0 Å². The predicted molar refractivity (Wildman–Crippen MR) is 100 cm³/mol. The van der Waals surface area contributed by atoms with Gasteiger partial charge in [-0.2, -0.15) is 4.52 Å². The zero-order valence-electron chi connectivity index (χ0n) is 14.8. The molecule has 136 valence electrons. The highest BCUT2D eigenvalue weighted by molar-refractivity contribution is 5.44. The first-order valence-electron chi connectivity index (χ1n) is 8.57. The molecule has 7 heteroatoms. The van der Waals surface area contributed by atoms with Crippen LogP contribution >= 0.6 is 0 Å². The summed E-state index contributed by atoms with van der Waals surface area (Å²) in [6.07, 6.45) is 0. The Morgan fingerprint density at radius 1 is 1.00 bits per heavy atom. The summed E-state index contributed by atoms with van der Waals surface area (Å²) in [4.78, 5) is 0. The third-order valence-electron chi connectivity index (χ3n) is 4.17. The van der Waals surface area contributed by atoms with Crippen molar-refractivity contribution in [2.45, 2.75) is 20.1 Å². The van der Waals surface area contributed by atoms with Gasteiger partial charge in [0, 0.05) is 12.1 Å². The summed E-state index contributed by atoms with van der Waals surface area (Å²) in [5.41, 5.74) is 2.33. The highest BCUT2D eigenvalue weighted by Crippen LogP contribution is 2.16. The Bertz CT molecular complexity index is 1060. The molecule has 27 heavy (non-hydrogen) atoms. The standard InChI is InChI=1S/C20H18FN5O/c1-14-23-24-20-11-10-19(25-26(14)20)22-12-15-6-8-17(9-7-15)27-13-16-4-2-3-5-18(16)21/h2-11H,12-13H2,1H3,(H,22,25). The summed E-state index contributed by atoms with van der Waals surface area (Å²) in [7, 11) is 0. The molecule has 0 aliphatic rings. The van der Waals surface area contributed by atoms with Crippen molar-refractivity contribution in [3.8, 4) is 5.75 Å². The Morgan fingerprint density at radius 3 is 2.63 bits per heavy atom. The van der Waals surface area contributed by atoms with E-state index in [1.54, 1.807) is 22.7 Å². The second kappa shape index (κ2) is 7.41. The van der Waals surface area contributed by atoms with Crippen LogP contribution in [0.5, 0.6) is 5.75 Å². The van der Waals surface area contributed by atoms with Gasteiger partial charge in [-0.15, -0.1) is 15.3 Å². The van der Waals surface area contributed by atoms with Crippen LogP contribution in [0.1, 0.15) is 17.0 Å². The van der Waals surface area contributed by atoms with Gasteiger partial charge in [-0.25, -0.2) is 4.39 Å². The molecule has 2 aromatic heterocycles. The molecule has 0 atom stereocenters. The summed E-state index contributed by atoms with van der Waals surface area (Å²) < 4.78 is 21.0. The lowest BCUT2D eigenvalue weighted by atomic mass is 10.2. The van der Waals surface area contributed by atoms with Crippen LogP contribution in [-0.4, -0.2) is 19.8 Å². The Hall–Kier alpha value is -3.48. The molecule has 0 aliphatic carbocycles. The smallest absolute Gasteiger partial charge is 0.178 e. The van der Waals surface area contributed by atoms with Gasteiger partial charge in [0.05, 0.1) is 0 Å². The van der Waals surface area contributed by atoms with Crippen LogP contribution in [0.25, 0.3) is 5.65 Å². The number of halogens is 1. The highest BCUT2D eigenvalue weighted by Gasteiger charge is 2.04. The largest absolute Gasteiger partial charge is 0.489 e. The van der Waals surface area contributed by atoms with Gasteiger partial charge >= 0.3 is 0 Å². The summed E-state index contributed by atoms with van der Waals surface area (Å²) in [6.45, 7) is 2.68. The molecule has 0 fully saturated rings. The SMILES string of the molecule is Cc1nnc2ccc(NCc3ccc(OCc4ccccc4F)cc3)nn12. The van der Waals surface area contributed by atoms with Gasteiger partial charge in [0.15, 0.2) is 11.5 Å². The van der Waals surface area contributed by atoms with Crippen LogP contribution in [0.3, 0.4) is 0 Å². The van der Waals surface area contributed by atoms with Crippen molar-refractivity contribution in [2.24, 2.45) is 0 Å². The zero-order chi connectivity index (χ0) is 18.6. The Balaban J connectivity index is 1.36. The number of aryl methyl sites for hydroxylation is 1. The molecule has 1 N–H and O–H groups in total. The fourth-order valence-electron chi connectivity index (χ4n) is 2.66. The minimum Gasteiger partial charge on any atom is -0.489 e. The molecule has 0 spiro atoms. The number of hydrogen-bond acceptors (Lipinski definition) is 5. The fraction of sp³-hybridized carbons (Fsp3) is 0.150. The number of anilines is 1. The van der Waals surface area contributed by atoms with E-state index in [0.717, 1.165) is 22.9 Å². The monoisotopic (exact) mass is 363 g/mol. The first-order chi connectivity index (χ1) is 13.2. The molecule has 2 heterocycles. The van der Waals surface area contributed by atoms with Crippen molar-refractivity contribution >= 4 is 11.5 Å². The van der Waals surface area contributed by atoms with Crippen molar-refractivity contribution in [1.82, 2.24) is 19.8 Å². The molecule has 0 aliphatic heterocycles. The van der Waals surface area contributed by atoms with Crippen LogP contribution in [0.4, 0.5) is 10.2 Å². The second-order valence-corrected chi connectivity index (χ2v) is 6.11. The summed E-state index contributed by atoms with van der Waals surface area (Å²) in [6, 6.07) is 18.0. The lowest BCUT2D eigenvalue weighted by Crippen LogP contribution is -2.05. The Morgan fingerprint density at radius 2 is 1.81 bits per heavy atom. The lowest BCUT2D eigenvalue weighted by molar-refractivity contribution is 0.300. The van der Waals surface area contributed by atoms with E-state index in [-0.39, 0.29) is 12.4 Å². The number of nitrogens with zero attached hydrogens (tertiary/aromatic N) is 4. The third kappa shape index (κ3) is 3.87. The zero-order valence-corrected chi connectivity index (χ0v) is 14.8. The summed E-state index contributed by atoms with van der Waals surface area (Å²) in [5.74, 6) is 1.92. The van der Waals surface area contributed by atoms with Crippen molar-refractivity contribution in [1.29, 1.82) is 0 Å². The highest BCUT2D eigenvalue weighted by atomic mass is 19.1. The van der Waals surface area contributed by atoms with E-state index >= 15 is 0 Å². The summed E-state index contributed by atoms with van der Waals surface area (Å²) in [5, 5.41) is 15.7. The van der Waals surface area contributed by atoms with Gasteiger partial charge in [0.1, 0.15) is 24.0 Å². The maximum Gasteiger partial charge on any atom is 0.178 e. The number of fused-ring (bicyclic) bond motifs is 1. The van der Waals surface area contributed by atoms with Crippen molar-refractivity contribution in [3.05, 3.63) is 83.4 Å². The first-order valence-corrected chi connectivity index (χ1v) is 8.57. The lowest BCUT2D eigenvalue weighted by Gasteiger charge is -2.09. The average molecular weight is 363 g/mol. The van der Waals surface area contributed by atoms with E-state index in [9.17, 15) is 4.39 Å².